The number of rotatable bonds is 8. The van der Waals surface area contributed by atoms with Crippen LogP contribution in [0.3, 0.4) is 0 Å². The predicted octanol–water partition coefficient (Wildman–Crippen LogP) is 1.52. The Morgan fingerprint density at radius 3 is 2.73 bits per heavy atom. The molecule has 1 rings (SSSR count). The number of hydrogen-bond acceptors (Lipinski definition) is 4. The van der Waals surface area contributed by atoms with Gasteiger partial charge >= 0.3 is 0 Å². The van der Waals surface area contributed by atoms with E-state index in [4.69, 9.17) is 9.47 Å². The van der Waals surface area contributed by atoms with Crippen molar-refractivity contribution in [2.45, 2.75) is 25.3 Å². The lowest BCUT2D eigenvalue weighted by Gasteiger charge is -2.22. The number of ether oxygens (including phenoxy) is 2. The first-order valence-corrected chi connectivity index (χ1v) is 6.97. The molecular formula is C11H23NO2S. The lowest BCUT2D eigenvalue weighted by Crippen LogP contribution is -2.33. The molecule has 0 unspecified atom stereocenters. The van der Waals surface area contributed by atoms with Gasteiger partial charge < -0.3 is 14.8 Å². The molecule has 0 aromatic carbocycles. The summed E-state index contributed by atoms with van der Waals surface area (Å²) in [6.45, 7) is 3.35. The van der Waals surface area contributed by atoms with E-state index in [1.165, 1.54) is 24.3 Å². The Morgan fingerprint density at radius 1 is 1.20 bits per heavy atom. The Balaban J connectivity index is 1.79. The zero-order valence-corrected chi connectivity index (χ0v) is 10.5. The quantitative estimate of drug-likeness (QED) is 0.644. The summed E-state index contributed by atoms with van der Waals surface area (Å²) < 4.78 is 10.3. The fourth-order valence-electron chi connectivity index (χ4n) is 1.63. The highest BCUT2D eigenvalue weighted by Crippen LogP contribution is 2.16. The van der Waals surface area contributed by atoms with Gasteiger partial charge in [-0.2, -0.15) is 11.8 Å². The average molecular weight is 233 g/mol. The van der Waals surface area contributed by atoms with Crippen molar-refractivity contribution in [3.63, 3.8) is 0 Å². The van der Waals surface area contributed by atoms with Gasteiger partial charge in [-0.15, -0.1) is 0 Å². The Bertz CT molecular complexity index is 141. The van der Waals surface area contributed by atoms with E-state index >= 15 is 0 Å². The van der Waals surface area contributed by atoms with Gasteiger partial charge in [0.05, 0.1) is 13.2 Å². The van der Waals surface area contributed by atoms with Gasteiger partial charge in [0.15, 0.2) is 0 Å². The summed E-state index contributed by atoms with van der Waals surface area (Å²) in [5, 5.41) is 3.59. The fourth-order valence-corrected chi connectivity index (χ4v) is 2.73. The Hall–Kier alpha value is 0.230. The standard InChI is InChI=1S/C11H23NO2S/c1-13-7-8-14-6-2-5-12-11-3-9-15-10-4-11/h11-12H,2-10H2,1H3. The molecule has 0 aromatic heterocycles. The van der Waals surface area contributed by atoms with Crippen molar-refractivity contribution in [3.8, 4) is 0 Å². The molecule has 1 heterocycles. The highest BCUT2D eigenvalue weighted by Gasteiger charge is 2.11. The monoisotopic (exact) mass is 233 g/mol. The third-order valence-corrected chi connectivity index (χ3v) is 3.60. The van der Waals surface area contributed by atoms with Crippen LogP contribution in [0.2, 0.25) is 0 Å². The SMILES string of the molecule is COCCOCCCNC1CCSCC1. The minimum Gasteiger partial charge on any atom is -0.382 e. The molecule has 1 saturated heterocycles. The summed E-state index contributed by atoms with van der Waals surface area (Å²) in [7, 11) is 1.70. The van der Waals surface area contributed by atoms with Crippen LogP contribution < -0.4 is 5.32 Å². The first-order valence-electron chi connectivity index (χ1n) is 5.81. The Kier molecular flexibility index (Phi) is 8.38. The van der Waals surface area contributed by atoms with Crippen LogP contribution in [0.5, 0.6) is 0 Å². The summed E-state index contributed by atoms with van der Waals surface area (Å²) in [6.07, 6.45) is 3.76. The summed E-state index contributed by atoms with van der Waals surface area (Å²) in [6, 6.07) is 0.755. The smallest absolute Gasteiger partial charge is 0.0700 e. The zero-order chi connectivity index (χ0) is 10.8. The zero-order valence-electron chi connectivity index (χ0n) is 9.67. The maximum atomic E-state index is 5.39. The second-order valence-electron chi connectivity index (χ2n) is 3.80. The van der Waals surface area contributed by atoms with Crippen LogP contribution in [-0.2, 0) is 9.47 Å². The van der Waals surface area contributed by atoms with Gasteiger partial charge in [0, 0.05) is 19.8 Å². The second-order valence-corrected chi connectivity index (χ2v) is 5.02. The van der Waals surface area contributed by atoms with Crippen molar-refractivity contribution >= 4 is 11.8 Å². The van der Waals surface area contributed by atoms with E-state index in [9.17, 15) is 0 Å². The summed E-state index contributed by atoms with van der Waals surface area (Å²) in [4.78, 5) is 0. The van der Waals surface area contributed by atoms with Crippen LogP contribution in [0.4, 0.5) is 0 Å². The molecule has 4 heteroatoms. The second kappa shape index (κ2) is 9.46. The van der Waals surface area contributed by atoms with Crippen LogP contribution in [0.15, 0.2) is 0 Å². The van der Waals surface area contributed by atoms with E-state index in [2.05, 4.69) is 17.1 Å². The third-order valence-electron chi connectivity index (χ3n) is 2.55. The molecule has 1 aliphatic rings. The molecule has 90 valence electrons. The largest absolute Gasteiger partial charge is 0.382 e. The molecule has 0 aliphatic carbocycles. The van der Waals surface area contributed by atoms with Crippen LogP contribution >= 0.6 is 11.8 Å². The molecular weight excluding hydrogens is 210 g/mol. The van der Waals surface area contributed by atoms with Crippen molar-refractivity contribution in [3.05, 3.63) is 0 Å². The summed E-state index contributed by atoms with van der Waals surface area (Å²) >= 11 is 2.07. The Morgan fingerprint density at radius 2 is 2.00 bits per heavy atom. The molecule has 0 aromatic rings. The lowest BCUT2D eigenvalue weighted by molar-refractivity contribution is 0.0692. The number of thioether (sulfide) groups is 1. The van der Waals surface area contributed by atoms with Crippen LogP contribution in [0.1, 0.15) is 19.3 Å². The fraction of sp³-hybridized carbons (Fsp3) is 1.00. The molecule has 1 fully saturated rings. The first-order chi connectivity index (χ1) is 7.43. The molecule has 3 nitrogen and oxygen atoms in total. The van der Waals surface area contributed by atoms with Gasteiger partial charge in [-0.05, 0) is 37.3 Å². The van der Waals surface area contributed by atoms with Crippen molar-refractivity contribution in [1.29, 1.82) is 0 Å². The number of hydrogen-bond donors (Lipinski definition) is 1. The highest BCUT2D eigenvalue weighted by atomic mass is 32.2. The van der Waals surface area contributed by atoms with Gasteiger partial charge in [0.25, 0.3) is 0 Å². The minimum absolute atomic E-state index is 0.702. The molecule has 1 N–H and O–H groups in total. The molecule has 0 bridgehead atoms. The highest BCUT2D eigenvalue weighted by molar-refractivity contribution is 7.99. The minimum atomic E-state index is 0.702. The van der Waals surface area contributed by atoms with Gasteiger partial charge in [0.2, 0.25) is 0 Å². The summed E-state index contributed by atoms with van der Waals surface area (Å²) in [5.74, 6) is 2.64. The first kappa shape index (κ1) is 13.3. The molecule has 0 amide bonds. The van der Waals surface area contributed by atoms with Crippen molar-refractivity contribution < 1.29 is 9.47 Å². The van der Waals surface area contributed by atoms with Gasteiger partial charge in [-0.1, -0.05) is 0 Å². The van der Waals surface area contributed by atoms with Crippen LogP contribution in [0.25, 0.3) is 0 Å². The van der Waals surface area contributed by atoms with Crippen molar-refractivity contribution in [1.82, 2.24) is 5.32 Å². The molecule has 0 atom stereocenters. The normalized spacial score (nSPS) is 18.2. The van der Waals surface area contributed by atoms with Gasteiger partial charge in [0.1, 0.15) is 0 Å². The van der Waals surface area contributed by atoms with Crippen molar-refractivity contribution in [2.24, 2.45) is 0 Å². The third kappa shape index (κ3) is 7.17. The molecule has 0 radical (unpaired) electrons. The van der Waals surface area contributed by atoms with E-state index in [1.54, 1.807) is 7.11 Å². The van der Waals surface area contributed by atoms with E-state index in [-0.39, 0.29) is 0 Å². The maximum Gasteiger partial charge on any atom is 0.0700 e. The van der Waals surface area contributed by atoms with Gasteiger partial charge in [-0.25, -0.2) is 0 Å². The average Bonchev–Trinajstić information content (AvgIpc) is 2.29. The van der Waals surface area contributed by atoms with Crippen molar-refractivity contribution in [2.75, 3.05) is 45.0 Å². The van der Waals surface area contributed by atoms with Crippen LogP contribution in [-0.4, -0.2) is 51.0 Å². The van der Waals surface area contributed by atoms with E-state index in [1.807, 2.05) is 0 Å². The predicted molar refractivity (Wildman–Crippen MR) is 65.7 cm³/mol. The molecule has 0 spiro atoms. The molecule has 15 heavy (non-hydrogen) atoms. The van der Waals surface area contributed by atoms with E-state index in [0.29, 0.717) is 6.61 Å². The number of nitrogens with one attached hydrogen (secondary N) is 1. The van der Waals surface area contributed by atoms with E-state index in [0.717, 1.165) is 32.2 Å². The molecule has 0 saturated carbocycles. The summed E-state index contributed by atoms with van der Waals surface area (Å²) in [5.41, 5.74) is 0. The van der Waals surface area contributed by atoms with E-state index < -0.39 is 0 Å². The maximum absolute atomic E-state index is 5.39. The molecule has 1 aliphatic heterocycles. The van der Waals surface area contributed by atoms with Crippen LogP contribution in [0, 0.1) is 0 Å². The van der Waals surface area contributed by atoms with Gasteiger partial charge in [-0.3, -0.25) is 0 Å². The lowest BCUT2D eigenvalue weighted by atomic mass is 10.1. The Labute approximate surface area is 97.3 Å². The number of methoxy groups -OCH3 is 1. The topological polar surface area (TPSA) is 30.5 Å².